The van der Waals surface area contributed by atoms with Crippen LogP contribution < -0.4 is 10.1 Å². The predicted molar refractivity (Wildman–Crippen MR) is 115 cm³/mol. The third kappa shape index (κ3) is 5.68. The van der Waals surface area contributed by atoms with Gasteiger partial charge in [-0.05, 0) is 55.9 Å². The Hall–Kier alpha value is -2.14. The first kappa shape index (κ1) is 22.2. The molecule has 154 valence electrons. The second-order valence-corrected chi connectivity index (χ2v) is 8.35. The molecule has 1 heterocycles. The maximum atomic E-state index is 13.1. The number of nitrogens with zero attached hydrogens (tertiary/aromatic N) is 1. The number of hydrogen-bond acceptors (Lipinski definition) is 4. The molecule has 1 unspecified atom stereocenters. The number of aromatic nitrogens is 1. The molecule has 5 heteroatoms. The lowest BCUT2D eigenvalue weighted by molar-refractivity contribution is -0.141. The minimum atomic E-state index is -0.870. The van der Waals surface area contributed by atoms with E-state index in [1.807, 2.05) is 38.1 Å². The van der Waals surface area contributed by atoms with Gasteiger partial charge in [0.1, 0.15) is 16.9 Å². The molecule has 2 rings (SSSR count). The molecule has 0 aliphatic heterocycles. The highest BCUT2D eigenvalue weighted by Crippen LogP contribution is 2.32. The molecule has 0 fully saturated rings. The maximum absolute atomic E-state index is 13.1. The predicted octanol–water partition coefficient (Wildman–Crippen LogP) is 5.44. The van der Waals surface area contributed by atoms with Gasteiger partial charge in [-0.2, -0.15) is 0 Å². The van der Waals surface area contributed by atoms with Crippen LogP contribution in [0, 0.1) is 11.8 Å². The average molecular weight is 387 g/mol. The summed E-state index contributed by atoms with van der Waals surface area (Å²) in [6.45, 7) is 13.5. The van der Waals surface area contributed by atoms with Gasteiger partial charge in [0.25, 0.3) is 5.91 Å². The molecular weight excluding hydrogens is 352 g/mol. The summed E-state index contributed by atoms with van der Waals surface area (Å²) in [6, 6.07) is 7.57. The summed E-state index contributed by atoms with van der Waals surface area (Å²) >= 11 is 0. The average Bonchev–Trinajstić information content (AvgIpc) is 2.65. The van der Waals surface area contributed by atoms with Crippen LogP contribution in [0.15, 0.2) is 30.5 Å². The number of fused-ring (bicyclic) bond motifs is 1. The number of ether oxygens (including phenoxy) is 2. The molecule has 1 aromatic heterocycles. The Kier molecular flexibility index (Phi) is 7.81. The van der Waals surface area contributed by atoms with E-state index in [1.165, 1.54) is 0 Å². The minimum absolute atomic E-state index is 0.129. The molecule has 0 spiro atoms. The normalized spacial score (nSPS) is 13.7. The quantitative estimate of drug-likeness (QED) is 0.591. The van der Waals surface area contributed by atoms with E-state index in [-0.39, 0.29) is 5.91 Å². The number of nitrogens with one attached hydrogen (secondary N) is 1. The smallest absolute Gasteiger partial charge is 0.256 e. The van der Waals surface area contributed by atoms with E-state index in [2.05, 4.69) is 38.0 Å². The lowest BCUT2D eigenvalue weighted by Gasteiger charge is -2.30. The van der Waals surface area contributed by atoms with Crippen molar-refractivity contribution < 1.29 is 14.3 Å². The zero-order valence-electron chi connectivity index (χ0n) is 18.0. The van der Waals surface area contributed by atoms with Gasteiger partial charge in [0.15, 0.2) is 0 Å². The fraction of sp³-hybridized carbons (Fsp3) is 0.565. The van der Waals surface area contributed by atoms with Gasteiger partial charge in [-0.1, -0.05) is 34.6 Å². The Balaban J connectivity index is 2.31. The SMILES string of the molecule is CCCOC(C)(CC(C)C)C(=O)Nc1ccc(OCC(C)C)c2ncccc12. The van der Waals surface area contributed by atoms with Gasteiger partial charge in [-0.25, -0.2) is 0 Å². The standard InChI is InChI=1S/C23H34N2O3/c1-7-13-28-23(6,14-16(2)3)22(26)25-19-10-11-20(27-15-17(4)5)21-18(19)9-8-12-24-21/h8-12,16-17H,7,13-15H2,1-6H3,(H,25,26). The lowest BCUT2D eigenvalue weighted by Crippen LogP contribution is -2.44. The molecule has 0 saturated heterocycles. The first-order chi connectivity index (χ1) is 13.3. The summed E-state index contributed by atoms with van der Waals surface area (Å²) < 4.78 is 11.9. The molecule has 0 bridgehead atoms. The van der Waals surface area contributed by atoms with Crippen LogP contribution in [0.25, 0.3) is 10.9 Å². The van der Waals surface area contributed by atoms with E-state index in [0.717, 1.165) is 28.8 Å². The van der Waals surface area contributed by atoms with Gasteiger partial charge in [0.05, 0.1) is 12.3 Å². The molecule has 2 aromatic rings. The second-order valence-electron chi connectivity index (χ2n) is 8.35. The number of hydrogen-bond donors (Lipinski definition) is 1. The van der Waals surface area contributed by atoms with Crippen LogP contribution in [0.4, 0.5) is 5.69 Å². The van der Waals surface area contributed by atoms with E-state index < -0.39 is 5.60 Å². The van der Waals surface area contributed by atoms with E-state index >= 15 is 0 Å². The van der Waals surface area contributed by atoms with Crippen molar-refractivity contribution in [3.05, 3.63) is 30.5 Å². The van der Waals surface area contributed by atoms with Gasteiger partial charge < -0.3 is 14.8 Å². The Labute approximate surface area is 168 Å². The van der Waals surface area contributed by atoms with Crippen LogP contribution in [0.2, 0.25) is 0 Å². The largest absolute Gasteiger partial charge is 0.491 e. The van der Waals surface area contributed by atoms with Crippen molar-refractivity contribution in [2.24, 2.45) is 11.8 Å². The maximum Gasteiger partial charge on any atom is 0.256 e. The molecule has 5 nitrogen and oxygen atoms in total. The monoisotopic (exact) mass is 386 g/mol. The fourth-order valence-electron chi connectivity index (χ4n) is 3.21. The lowest BCUT2D eigenvalue weighted by atomic mass is 9.92. The molecule has 1 aromatic carbocycles. The topological polar surface area (TPSA) is 60.5 Å². The van der Waals surface area contributed by atoms with Gasteiger partial charge in [0, 0.05) is 18.2 Å². The highest BCUT2D eigenvalue weighted by Gasteiger charge is 2.35. The van der Waals surface area contributed by atoms with Crippen molar-refractivity contribution >= 4 is 22.5 Å². The van der Waals surface area contributed by atoms with Crippen molar-refractivity contribution in [1.29, 1.82) is 0 Å². The Morgan fingerprint density at radius 2 is 1.93 bits per heavy atom. The Morgan fingerprint density at radius 3 is 2.57 bits per heavy atom. The molecule has 1 N–H and O–H groups in total. The van der Waals surface area contributed by atoms with Crippen LogP contribution in [-0.4, -0.2) is 29.7 Å². The molecule has 1 atom stereocenters. The van der Waals surface area contributed by atoms with Gasteiger partial charge in [-0.15, -0.1) is 0 Å². The van der Waals surface area contributed by atoms with Crippen molar-refractivity contribution in [3.8, 4) is 5.75 Å². The van der Waals surface area contributed by atoms with E-state index in [4.69, 9.17) is 9.47 Å². The van der Waals surface area contributed by atoms with E-state index in [0.29, 0.717) is 31.5 Å². The molecule has 0 aliphatic rings. The van der Waals surface area contributed by atoms with Gasteiger partial charge in [-0.3, -0.25) is 9.78 Å². The zero-order valence-corrected chi connectivity index (χ0v) is 18.0. The zero-order chi connectivity index (χ0) is 20.7. The Bertz CT molecular complexity index is 789. The summed E-state index contributed by atoms with van der Waals surface area (Å²) in [6.07, 6.45) is 3.27. The van der Waals surface area contributed by atoms with Crippen LogP contribution in [-0.2, 0) is 9.53 Å². The summed E-state index contributed by atoms with van der Waals surface area (Å²) in [5.74, 6) is 1.37. The Morgan fingerprint density at radius 1 is 1.18 bits per heavy atom. The van der Waals surface area contributed by atoms with Crippen LogP contribution in [0.3, 0.4) is 0 Å². The first-order valence-corrected chi connectivity index (χ1v) is 10.2. The summed E-state index contributed by atoms with van der Waals surface area (Å²) in [5.41, 5.74) is 0.604. The molecule has 0 radical (unpaired) electrons. The first-order valence-electron chi connectivity index (χ1n) is 10.2. The molecular formula is C23H34N2O3. The van der Waals surface area contributed by atoms with Crippen LogP contribution in [0.1, 0.15) is 54.4 Å². The number of rotatable bonds is 10. The number of pyridine rings is 1. The van der Waals surface area contributed by atoms with Crippen molar-refractivity contribution in [2.45, 2.75) is 60.0 Å². The highest BCUT2D eigenvalue weighted by molar-refractivity contribution is 6.05. The fourth-order valence-corrected chi connectivity index (χ4v) is 3.21. The second kappa shape index (κ2) is 9.87. The van der Waals surface area contributed by atoms with Crippen molar-refractivity contribution in [2.75, 3.05) is 18.5 Å². The molecule has 28 heavy (non-hydrogen) atoms. The molecule has 0 aliphatic carbocycles. The van der Waals surface area contributed by atoms with Crippen LogP contribution in [0.5, 0.6) is 5.75 Å². The van der Waals surface area contributed by atoms with Gasteiger partial charge >= 0.3 is 0 Å². The van der Waals surface area contributed by atoms with E-state index in [9.17, 15) is 4.79 Å². The third-order valence-corrected chi connectivity index (χ3v) is 4.46. The minimum Gasteiger partial charge on any atom is -0.491 e. The van der Waals surface area contributed by atoms with Crippen molar-refractivity contribution in [3.63, 3.8) is 0 Å². The van der Waals surface area contributed by atoms with Crippen molar-refractivity contribution in [1.82, 2.24) is 4.98 Å². The molecule has 0 saturated carbocycles. The summed E-state index contributed by atoms with van der Waals surface area (Å²) in [4.78, 5) is 17.6. The number of benzene rings is 1. The summed E-state index contributed by atoms with van der Waals surface area (Å²) in [5, 5.41) is 3.93. The van der Waals surface area contributed by atoms with Gasteiger partial charge in [0.2, 0.25) is 0 Å². The van der Waals surface area contributed by atoms with E-state index in [1.54, 1.807) is 6.20 Å². The van der Waals surface area contributed by atoms with Crippen LogP contribution >= 0.6 is 0 Å². The number of amides is 1. The highest BCUT2D eigenvalue weighted by atomic mass is 16.5. The molecule has 1 amide bonds. The third-order valence-electron chi connectivity index (χ3n) is 4.46. The number of carbonyl (C=O) groups is 1. The number of carbonyl (C=O) groups excluding carboxylic acids is 1. The summed E-state index contributed by atoms with van der Waals surface area (Å²) in [7, 11) is 0. The number of anilines is 1.